The number of thiazole rings is 1. The van der Waals surface area contributed by atoms with Gasteiger partial charge in [-0.05, 0) is 43.4 Å². The fraction of sp³-hybridized carbons (Fsp3) is 0.500. The summed E-state index contributed by atoms with van der Waals surface area (Å²) in [4.78, 5) is 32.5. The summed E-state index contributed by atoms with van der Waals surface area (Å²) in [6.07, 6.45) is 2.38. The molecule has 0 radical (unpaired) electrons. The molecule has 10 heteroatoms. The smallest absolute Gasteiger partial charge is 0.387 e. The third-order valence-corrected chi connectivity index (χ3v) is 6.67. The second-order valence-corrected chi connectivity index (χ2v) is 9.08. The minimum absolute atomic E-state index is 0.0128. The van der Waals surface area contributed by atoms with Crippen LogP contribution in [0, 0.1) is 12.8 Å². The van der Waals surface area contributed by atoms with Gasteiger partial charge in [0.1, 0.15) is 6.54 Å². The van der Waals surface area contributed by atoms with Crippen molar-refractivity contribution < 1.29 is 27.8 Å². The zero-order valence-corrected chi connectivity index (χ0v) is 18.7. The number of hydrogen-bond acceptors (Lipinski definition) is 6. The van der Waals surface area contributed by atoms with Crippen LogP contribution in [0.15, 0.2) is 23.6 Å². The Kier molecular flexibility index (Phi) is 6.59. The summed E-state index contributed by atoms with van der Waals surface area (Å²) < 4.78 is 35.8. The first-order valence-corrected chi connectivity index (χ1v) is 11.4. The molecule has 1 aromatic heterocycles. The number of likely N-dealkylation sites (N-methyl/N-ethyl adjacent to an activating group) is 1. The van der Waals surface area contributed by atoms with E-state index in [-0.39, 0.29) is 42.2 Å². The number of nitrogens with zero attached hydrogens (tertiary/aromatic N) is 3. The highest BCUT2D eigenvalue weighted by Gasteiger charge is 2.33. The third kappa shape index (κ3) is 5.35. The van der Waals surface area contributed by atoms with Crippen molar-refractivity contribution in [3.05, 3.63) is 34.8 Å². The predicted molar refractivity (Wildman–Crippen MR) is 115 cm³/mol. The van der Waals surface area contributed by atoms with Crippen molar-refractivity contribution in [3.63, 3.8) is 0 Å². The first kappa shape index (κ1) is 22.4. The summed E-state index contributed by atoms with van der Waals surface area (Å²) in [5.41, 5.74) is 1.63. The highest BCUT2D eigenvalue weighted by Crippen LogP contribution is 2.37. The van der Waals surface area contributed by atoms with Gasteiger partial charge in [-0.15, -0.1) is 11.3 Å². The van der Waals surface area contributed by atoms with Gasteiger partial charge in [-0.25, -0.2) is 4.98 Å². The number of aryl methyl sites for hydroxylation is 1. The normalized spacial score (nSPS) is 18.3. The van der Waals surface area contributed by atoms with Crippen LogP contribution in [0.3, 0.4) is 0 Å². The molecule has 1 aliphatic carbocycles. The number of benzene rings is 1. The standard InChI is InChI=1S/C22H25F2N3O4S/c1-13-12-32-22(25-13)26(2)20(29)10-27-9-16(8-19(27)28)15-5-6-17(31-21(23)24)18(7-15)30-11-14-3-4-14/h5-7,12,14,16,21H,3-4,8-11H2,1-2H3. The van der Waals surface area contributed by atoms with Crippen LogP contribution in [0.4, 0.5) is 13.9 Å². The predicted octanol–water partition coefficient (Wildman–Crippen LogP) is 3.82. The van der Waals surface area contributed by atoms with E-state index in [1.165, 1.54) is 27.2 Å². The van der Waals surface area contributed by atoms with Crippen LogP contribution in [0.5, 0.6) is 11.5 Å². The minimum atomic E-state index is -2.95. The largest absolute Gasteiger partial charge is 0.489 e. The zero-order chi connectivity index (χ0) is 22.8. The summed E-state index contributed by atoms with van der Waals surface area (Å²) >= 11 is 1.37. The molecule has 0 N–H and O–H groups in total. The van der Waals surface area contributed by atoms with Gasteiger partial charge in [0.05, 0.1) is 12.3 Å². The van der Waals surface area contributed by atoms with Crippen LogP contribution in [0.1, 0.15) is 36.4 Å². The highest BCUT2D eigenvalue weighted by atomic mass is 32.1. The fourth-order valence-corrected chi connectivity index (χ4v) is 4.38. The molecular weight excluding hydrogens is 440 g/mol. The van der Waals surface area contributed by atoms with E-state index < -0.39 is 6.61 Å². The molecule has 2 fully saturated rings. The van der Waals surface area contributed by atoms with E-state index >= 15 is 0 Å². The topological polar surface area (TPSA) is 72.0 Å². The molecule has 1 aromatic carbocycles. The fourth-order valence-electron chi connectivity index (χ4n) is 3.60. The molecule has 0 bridgehead atoms. The average molecular weight is 466 g/mol. The summed E-state index contributed by atoms with van der Waals surface area (Å²) in [7, 11) is 1.64. The molecule has 2 aromatic rings. The van der Waals surface area contributed by atoms with Crippen LogP contribution in [0.25, 0.3) is 0 Å². The van der Waals surface area contributed by atoms with E-state index in [4.69, 9.17) is 4.74 Å². The number of likely N-dealkylation sites (tertiary alicyclic amines) is 1. The number of hydrogen-bond donors (Lipinski definition) is 0. The average Bonchev–Trinajstić information content (AvgIpc) is 3.37. The van der Waals surface area contributed by atoms with Crippen molar-refractivity contribution in [2.45, 2.75) is 38.7 Å². The zero-order valence-electron chi connectivity index (χ0n) is 17.9. The number of amides is 2. The molecule has 1 saturated heterocycles. The lowest BCUT2D eigenvalue weighted by Gasteiger charge is -2.20. The van der Waals surface area contributed by atoms with Gasteiger partial charge in [-0.3, -0.25) is 14.5 Å². The number of carbonyl (C=O) groups is 2. The van der Waals surface area contributed by atoms with Crippen LogP contribution in [-0.4, -0.2) is 55.1 Å². The number of halogens is 2. The van der Waals surface area contributed by atoms with Gasteiger partial charge in [0.2, 0.25) is 11.8 Å². The SMILES string of the molecule is Cc1csc(N(C)C(=O)CN2CC(c3ccc(OC(F)F)c(OCC4CC4)c3)CC2=O)n1. The van der Waals surface area contributed by atoms with Crippen molar-refractivity contribution in [1.82, 2.24) is 9.88 Å². The first-order valence-electron chi connectivity index (χ1n) is 10.5. The maximum absolute atomic E-state index is 12.8. The van der Waals surface area contributed by atoms with Gasteiger partial charge in [-0.2, -0.15) is 8.78 Å². The molecule has 2 amide bonds. The van der Waals surface area contributed by atoms with Crippen molar-refractivity contribution >= 4 is 28.3 Å². The molecule has 32 heavy (non-hydrogen) atoms. The van der Waals surface area contributed by atoms with Gasteiger partial charge >= 0.3 is 6.61 Å². The van der Waals surface area contributed by atoms with Crippen molar-refractivity contribution in [1.29, 1.82) is 0 Å². The Morgan fingerprint density at radius 2 is 2.12 bits per heavy atom. The lowest BCUT2D eigenvalue weighted by atomic mass is 9.98. The Labute approximate surface area is 188 Å². The molecule has 2 aliphatic rings. The molecule has 4 rings (SSSR count). The van der Waals surface area contributed by atoms with Gasteiger partial charge in [-0.1, -0.05) is 6.07 Å². The van der Waals surface area contributed by atoms with E-state index in [1.807, 2.05) is 12.3 Å². The van der Waals surface area contributed by atoms with Gasteiger partial charge in [0, 0.05) is 31.3 Å². The number of aromatic nitrogens is 1. The third-order valence-electron chi connectivity index (χ3n) is 5.64. The molecular formula is C22H25F2N3O4S. The van der Waals surface area contributed by atoms with Crippen LogP contribution in [0.2, 0.25) is 0 Å². The molecule has 1 aliphatic heterocycles. The van der Waals surface area contributed by atoms with Crippen molar-refractivity contribution in [2.24, 2.45) is 5.92 Å². The van der Waals surface area contributed by atoms with Crippen molar-refractivity contribution in [3.8, 4) is 11.5 Å². The second kappa shape index (κ2) is 9.40. The summed E-state index contributed by atoms with van der Waals surface area (Å²) in [6.45, 7) is -0.311. The first-order chi connectivity index (χ1) is 15.3. The number of anilines is 1. The second-order valence-electron chi connectivity index (χ2n) is 8.24. The van der Waals surface area contributed by atoms with E-state index in [0.29, 0.717) is 24.2 Å². The Balaban J connectivity index is 1.43. The number of rotatable bonds is 9. The summed E-state index contributed by atoms with van der Waals surface area (Å²) in [6, 6.07) is 4.81. The molecule has 7 nitrogen and oxygen atoms in total. The lowest BCUT2D eigenvalue weighted by Crippen LogP contribution is -2.39. The summed E-state index contributed by atoms with van der Waals surface area (Å²) in [5, 5.41) is 2.45. The number of alkyl halides is 2. The Hall–Kier alpha value is -2.75. The number of carbonyl (C=O) groups excluding carboxylic acids is 2. The monoisotopic (exact) mass is 465 g/mol. The highest BCUT2D eigenvalue weighted by molar-refractivity contribution is 7.14. The Bertz CT molecular complexity index is 995. The van der Waals surface area contributed by atoms with Crippen LogP contribution in [-0.2, 0) is 9.59 Å². The van der Waals surface area contributed by atoms with Gasteiger partial charge in [0.15, 0.2) is 16.6 Å². The molecule has 2 heterocycles. The van der Waals surface area contributed by atoms with Crippen LogP contribution >= 0.6 is 11.3 Å². The maximum atomic E-state index is 12.8. The number of ether oxygens (including phenoxy) is 2. The van der Waals surface area contributed by atoms with E-state index in [1.54, 1.807) is 19.2 Å². The minimum Gasteiger partial charge on any atom is -0.489 e. The lowest BCUT2D eigenvalue weighted by molar-refractivity contribution is -0.132. The Morgan fingerprint density at radius 1 is 1.34 bits per heavy atom. The van der Waals surface area contributed by atoms with Crippen LogP contribution < -0.4 is 14.4 Å². The van der Waals surface area contributed by atoms with E-state index in [2.05, 4.69) is 9.72 Å². The molecule has 1 atom stereocenters. The molecule has 1 unspecified atom stereocenters. The van der Waals surface area contributed by atoms with Gasteiger partial charge in [0.25, 0.3) is 0 Å². The maximum Gasteiger partial charge on any atom is 0.387 e. The van der Waals surface area contributed by atoms with E-state index in [9.17, 15) is 18.4 Å². The van der Waals surface area contributed by atoms with Gasteiger partial charge < -0.3 is 14.4 Å². The molecule has 0 spiro atoms. The molecule has 172 valence electrons. The molecule has 1 saturated carbocycles. The quantitative estimate of drug-likeness (QED) is 0.563. The summed E-state index contributed by atoms with van der Waals surface area (Å²) in [5.74, 6) is 0.192. The Morgan fingerprint density at radius 3 is 2.78 bits per heavy atom. The van der Waals surface area contributed by atoms with E-state index in [0.717, 1.165) is 24.1 Å². The van der Waals surface area contributed by atoms with Crippen molar-refractivity contribution in [2.75, 3.05) is 31.6 Å².